The molecule has 3 aromatic carbocycles. The van der Waals surface area contributed by atoms with Gasteiger partial charge in [-0.1, -0.05) is 48.5 Å². The van der Waals surface area contributed by atoms with Crippen LogP contribution in [0.5, 0.6) is 5.75 Å². The number of rotatable bonds is 8. The highest BCUT2D eigenvalue weighted by Gasteiger charge is 2.27. The molecule has 1 saturated heterocycles. The van der Waals surface area contributed by atoms with Crippen molar-refractivity contribution in [2.24, 2.45) is 5.10 Å². The summed E-state index contributed by atoms with van der Waals surface area (Å²) in [6.45, 7) is 1.43. The van der Waals surface area contributed by atoms with E-state index in [1.165, 1.54) is 22.7 Å². The molecule has 170 valence electrons. The molecule has 4 rings (SSSR count). The van der Waals surface area contributed by atoms with E-state index < -0.39 is 15.9 Å². The van der Waals surface area contributed by atoms with Crippen LogP contribution in [-0.4, -0.2) is 37.9 Å². The van der Waals surface area contributed by atoms with Crippen molar-refractivity contribution in [2.75, 3.05) is 13.1 Å². The smallest absolute Gasteiger partial charge is 0.271 e. The summed E-state index contributed by atoms with van der Waals surface area (Å²) in [4.78, 5) is 12.7. The number of hydrogen-bond acceptors (Lipinski definition) is 5. The van der Waals surface area contributed by atoms with Gasteiger partial charge in [0, 0.05) is 24.2 Å². The minimum absolute atomic E-state index is 0.112. The van der Waals surface area contributed by atoms with Crippen LogP contribution in [0, 0.1) is 0 Å². The lowest BCUT2D eigenvalue weighted by Gasteiger charge is -2.15. The summed E-state index contributed by atoms with van der Waals surface area (Å²) in [6, 6.07) is 23.2. The molecule has 0 saturated carbocycles. The maximum absolute atomic E-state index is 12.8. The number of hydrazone groups is 1. The van der Waals surface area contributed by atoms with Crippen molar-refractivity contribution < 1.29 is 17.9 Å². The highest BCUT2D eigenvalue weighted by molar-refractivity contribution is 7.89. The Morgan fingerprint density at radius 2 is 1.70 bits per heavy atom. The van der Waals surface area contributed by atoms with Gasteiger partial charge in [0.15, 0.2) is 0 Å². The van der Waals surface area contributed by atoms with Crippen molar-refractivity contribution in [3.8, 4) is 5.75 Å². The second-order valence-electron chi connectivity index (χ2n) is 7.65. The third kappa shape index (κ3) is 5.66. The summed E-state index contributed by atoms with van der Waals surface area (Å²) < 4.78 is 32.9. The van der Waals surface area contributed by atoms with E-state index in [2.05, 4.69) is 10.5 Å². The third-order valence-electron chi connectivity index (χ3n) is 5.32. The Morgan fingerprint density at radius 3 is 2.48 bits per heavy atom. The zero-order valence-electron chi connectivity index (χ0n) is 18.1. The lowest BCUT2D eigenvalue weighted by Crippen LogP contribution is -2.28. The molecule has 0 aliphatic carbocycles. The van der Waals surface area contributed by atoms with Crippen LogP contribution in [-0.2, 0) is 16.6 Å². The highest BCUT2D eigenvalue weighted by Crippen LogP contribution is 2.22. The summed E-state index contributed by atoms with van der Waals surface area (Å²) in [7, 11) is -3.59. The molecule has 7 nitrogen and oxygen atoms in total. The van der Waals surface area contributed by atoms with E-state index >= 15 is 0 Å². The third-order valence-corrected chi connectivity index (χ3v) is 7.22. The predicted octanol–water partition coefficient (Wildman–Crippen LogP) is 3.81. The fourth-order valence-corrected chi connectivity index (χ4v) is 5.12. The van der Waals surface area contributed by atoms with E-state index in [-0.39, 0.29) is 10.5 Å². The second-order valence-corrected chi connectivity index (χ2v) is 9.59. The van der Waals surface area contributed by atoms with Crippen molar-refractivity contribution in [2.45, 2.75) is 24.3 Å². The molecule has 3 aromatic rings. The molecule has 0 aromatic heterocycles. The lowest BCUT2D eigenvalue weighted by molar-refractivity contribution is 0.0955. The van der Waals surface area contributed by atoms with E-state index in [0.29, 0.717) is 31.0 Å². The van der Waals surface area contributed by atoms with E-state index in [1.807, 2.05) is 54.6 Å². The average Bonchev–Trinajstić information content (AvgIpc) is 3.40. The monoisotopic (exact) mass is 463 g/mol. The number of benzene rings is 3. The van der Waals surface area contributed by atoms with Crippen LogP contribution in [0.3, 0.4) is 0 Å². The number of carbonyl (C=O) groups is 1. The Hall–Kier alpha value is -3.49. The molecular formula is C25H25N3O4S. The summed E-state index contributed by atoms with van der Waals surface area (Å²) in [6.07, 6.45) is 3.21. The van der Waals surface area contributed by atoms with Crippen LogP contribution in [0.15, 0.2) is 88.9 Å². The largest absolute Gasteiger partial charge is 0.488 e. The number of ether oxygens (including phenoxy) is 1. The van der Waals surface area contributed by atoms with Crippen molar-refractivity contribution in [1.82, 2.24) is 9.73 Å². The summed E-state index contributed by atoms with van der Waals surface area (Å²) in [5.41, 5.74) is 4.44. The van der Waals surface area contributed by atoms with Gasteiger partial charge in [0.1, 0.15) is 12.4 Å². The van der Waals surface area contributed by atoms with Crippen molar-refractivity contribution in [3.05, 3.63) is 95.6 Å². The van der Waals surface area contributed by atoms with Gasteiger partial charge in [-0.3, -0.25) is 4.79 Å². The molecular weight excluding hydrogens is 438 g/mol. The highest BCUT2D eigenvalue weighted by atomic mass is 32.2. The van der Waals surface area contributed by atoms with Gasteiger partial charge in [0.05, 0.1) is 11.1 Å². The van der Waals surface area contributed by atoms with Gasteiger partial charge in [-0.05, 0) is 48.7 Å². The van der Waals surface area contributed by atoms with E-state index in [4.69, 9.17) is 4.74 Å². The Labute approximate surface area is 193 Å². The first-order valence-corrected chi connectivity index (χ1v) is 12.2. The first-order valence-electron chi connectivity index (χ1n) is 10.7. The Balaban J connectivity index is 1.42. The number of nitrogens with zero attached hydrogens (tertiary/aromatic N) is 2. The van der Waals surface area contributed by atoms with Crippen molar-refractivity contribution >= 4 is 22.1 Å². The fourth-order valence-electron chi connectivity index (χ4n) is 3.55. The van der Waals surface area contributed by atoms with Crippen molar-refractivity contribution in [3.63, 3.8) is 0 Å². The number of para-hydroxylation sites is 1. The molecule has 1 amide bonds. The molecule has 33 heavy (non-hydrogen) atoms. The maximum Gasteiger partial charge on any atom is 0.271 e. The predicted molar refractivity (Wildman–Crippen MR) is 127 cm³/mol. The van der Waals surface area contributed by atoms with Crippen LogP contribution < -0.4 is 10.2 Å². The SMILES string of the molecule is O=C(N/N=C/c1ccccc1OCc1ccccc1)c1cccc(S(=O)(=O)N2CCCC2)c1. The molecule has 1 N–H and O–H groups in total. The Morgan fingerprint density at radius 1 is 0.970 bits per heavy atom. The molecule has 0 bridgehead atoms. The van der Waals surface area contributed by atoms with Crippen LogP contribution in [0.1, 0.15) is 34.3 Å². The zero-order valence-corrected chi connectivity index (χ0v) is 18.9. The average molecular weight is 464 g/mol. The minimum atomic E-state index is -3.59. The molecule has 0 atom stereocenters. The lowest BCUT2D eigenvalue weighted by atomic mass is 10.2. The summed E-state index contributed by atoms with van der Waals surface area (Å²) in [5.74, 6) is 0.144. The number of hydrogen-bond donors (Lipinski definition) is 1. The first kappa shape index (κ1) is 22.7. The van der Waals surface area contributed by atoms with Gasteiger partial charge in [0.25, 0.3) is 5.91 Å². The number of sulfonamides is 1. The van der Waals surface area contributed by atoms with Gasteiger partial charge < -0.3 is 4.74 Å². The maximum atomic E-state index is 12.8. The normalized spacial score (nSPS) is 14.4. The summed E-state index contributed by atoms with van der Waals surface area (Å²) >= 11 is 0. The first-order chi connectivity index (χ1) is 16.0. The van der Waals surface area contributed by atoms with Crippen LogP contribution >= 0.6 is 0 Å². The van der Waals surface area contributed by atoms with Gasteiger partial charge >= 0.3 is 0 Å². The molecule has 1 aliphatic rings. The molecule has 0 spiro atoms. The van der Waals surface area contributed by atoms with Gasteiger partial charge in [-0.2, -0.15) is 9.41 Å². The second kappa shape index (κ2) is 10.4. The molecule has 1 heterocycles. The van der Waals surface area contributed by atoms with E-state index in [0.717, 1.165) is 18.4 Å². The molecule has 1 fully saturated rings. The zero-order chi connectivity index (χ0) is 23.1. The van der Waals surface area contributed by atoms with Crippen molar-refractivity contribution in [1.29, 1.82) is 0 Å². The van der Waals surface area contributed by atoms with Gasteiger partial charge in [-0.25, -0.2) is 13.8 Å². The Bertz CT molecular complexity index is 1240. The molecule has 1 aliphatic heterocycles. The van der Waals surface area contributed by atoms with E-state index in [1.54, 1.807) is 12.1 Å². The van der Waals surface area contributed by atoms with Crippen LogP contribution in [0.25, 0.3) is 0 Å². The minimum Gasteiger partial charge on any atom is -0.488 e. The molecule has 0 radical (unpaired) electrons. The summed E-state index contributed by atoms with van der Waals surface area (Å²) in [5, 5.41) is 4.04. The molecule has 8 heteroatoms. The number of amides is 1. The van der Waals surface area contributed by atoms with Crippen LogP contribution in [0.4, 0.5) is 0 Å². The standard InChI is InChI=1S/C25H25N3O4S/c29-25(21-12-8-13-23(17-21)33(30,31)28-15-6-7-16-28)27-26-18-22-11-4-5-14-24(22)32-19-20-9-2-1-3-10-20/h1-5,8-14,17-18H,6-7,15-16,19H2,(H,27,29)/b26-18+. The quantitative estimate of drug-likeness (QED) is 0.406. The van der Waals surface area contributed by atoms with Gasteiger partial charge in [0.2, 0.25) is 10.0 Å². The Kier molecular flexibility index (Phi) is 7.16. The fraction of sp³-hybridized carbons (Fsp3) is 0.200. The molecule has 0 unspecified atom stereocenters. The van der Waals surface area contributed by atoms with Crippen LogP contribution in [0.2, 0.25) is 0 Å². The number of nitrogens with one attached hydrogen (secondary N) is 1. The van der Waals surface area contributed by atoms with E-state index in [9.17, 15) is 13.2 Å². The topological polar surface area (TPSA) is 88.1 Å². The van der Waals surface area contributed by atoms with Gasteiger partial charge in [-0.15, -0.1) is 0 Å². The number of carbonyl (C=O) groups excluding carboxylic acids is 1.